The van der Waals surface area contributed by atoms with E-state index in [-0.39, 0.29) is 11.3 Å². The maximum absolute atomic E-state index is 13.4. The summed E-state index contributed by atoms with van der Waals surface area (Å²) in [4.78, 5) is 35.7. The standard InChI is InChI=1S/C28H30F3N5O2/c1-20-23(27(38)36(26(20)37)22-11-10-21(19-32)24(18-22)28(29,30)31)8-4-2-3-7-13-34-14-16-35(17-15-34)25-9-5-6-12-33-25/h5-6,9-12,18H,2-4,7-8,13-17H2,1H3. The molecule has 4 rings (SSSR count). The normalized spacial score (nSPS) is 16.9. The van der Waals surface area contributed by atoms with E-state index in [0.29, 0.717) is 24.5 Å². The van der Waals surface area contributed by atoms with Gasteiger partial charge in [-0.15, -0.1) is 0 Å². The van der Waals surface area contributed by atoms with Crippen LogP contribution in [0.1, 0.15) is 50.2 Å². The highest BCUT2D eigenvalue weighted by Gasteiger charge is 2.39. The smallest absolute Gasteiger partial charge is 0.354 e. The molecule has 1 aromatic carbocycles. The molecule has 0 N–H and O–H groups in total. The minimum atomic E-state index is -4.77. The minimum absolute atomic E-state index is 0.177. The number of nitriles is 1. The van der Waals surface area contributed by atoms with Crippen LogP contribution in [0, 0.1) is 11.3 Å². The third kappa shape index (κ3) is 6.05. The number of unbranched alkanes of at least 4 members (excludes halogenated alkanes) is 3. The summed E-state index contributed by atoms with van der Waals surface area (Å²) in [6.45, 7) is 6.40. The fourth-order valence-corrected chi connectivity index (χ4v) is 4.95. The Hall–Kier alpha value is -3.71. The molecule has 1 fully saturated rings. The predicted molar refractivity (Wildman–Crippen MR) is 137 cm³/mol. The molecular formula is C28H30F3N5O2. The zero-order valence-electron chi connectivity index (χ0n) is 21.3. The second kappa shape index (κ2) is 11.8. The van der Waals surface area contributed by atoms with Crippen molar-refractivity contribution in [3.8, 4) is 6.07 Å². The summed E-state index contributed by atoms with van der Waals surface area (Å²) in [7, 11) is 0. The van der Waals surface area contributed by atoms with Crippen LogP contribution in [0.25, 0.3) is 0 Å². The summed E-state index contributed by atoms with van der Waals surface area (Å²) in [5.41, 5.74) is -1.29. The number of nitrogens with zero attached hydrogens (tertiary/aromatic N) is 5. The fourth-order valence-electron chi connectivity index (χ4n) is 4.95. The van der Waals surface area contributed by atoms with Gasteiger partial charge in [-0.2, -0.15) is 18.4 Å². The zero-order valence-corrected chi connectivity index (χ0v) is 21.3. The number of amides is 2. The Balaban J connectivity index is 1.23. The molecule has 2 aromatic rings. The molecule has 38 heavy (non-hydrogen) atoms. The van der Waals surface area contributed by atoms with E-state index in [1.807, 2.05) is 24.4 Å². The van der Waals surface area contributed by atoms with Crippen LogP contribution in [-0.2, 0) is 15.8 Å². The van der Waals surface area contributed by atoms with E-state index in [2.05, 4.69) is 14.8 Å². The van der Waals surface area contributed by atoms with Gasteiger partial charge in [0, 0.05) is 43.5 Å². The molecule has 10 heteroatoms. The largest absolute Gasteiger partial charge is 0.417 e. The van der Waals surface area contributed by atoms with E-state index >= 15 is 0 Å². The van der Waals surface area contributed by atoms with E-state index < -0.39 is 29.1 Å². The van der Waals surface area contributed by atoms with Gasteiger partial charge in [0.1, 0.15) is 5.82 Å². The van der Waals surface area contributed by atoms with Crippen LogP contribution in [0.2, 0.25) is 0 Å². The van der Waals surface area contributed by atoms with Crippen molar-refractivity contribution in [3.05, 3.63) is 64.9 Å². The van der Waals surface area contributed by atoms with Crippen molar-refractivity contribution in [1.29, 1.82) is 5.26 Å². The first-order valence-corrected chi connectivity index (χ1v) is 12.8. The lowest BCUT2D eigenvalue weighted by molar-refractivity contribution is -0.138. The van der Waals surface area contributed by atoms with E-state index in [4.69, 9.17) is 5.26 Å². The molecule has 0 spiro atoms. The van der Waals surface area contributed by atoms with E-state index in [0.717, 1.165) is 68.8 Å². The highest BCUT2D eigenvalue weighted by atomic mass is 19.4. The van der Waals surface area contributed by atoms with Gasteiger partial charge in [-0.25, -0.2) is 9.88 Å². The Kier molecular flexibility index (Phi) is 8.47. The Morgan fingerprint density at radius 1 is 0.974 bits per heavy atom. The minimum Gasteiger partial charge on any atom is -0.354 e. The highest BCUT2D eigenvalue weighted by molar-refractivity contribution is 6.32. The van der Waals surface area contributed by atoms with Crippen molar-refractivity contribution < 1.29 is 22.8 Å². The van der Waals surface area contributed by atoms with Crippen molar-refractivity contribution in [2.24, 2.45) is 0 Å². The summed E-state index contributed by atoms with van der Waals surface area (Å²) in [5, 5.41) is 9.00. The Morgan fingerprint density at radius 2 is 1.71 bits per heavy atom. The van der Waals surface area contributed by atoms with Crippen LogP contribution in [0.15, 0.2) is 53.7 Å². The van der Waals surface area contributed by atoms with Crippen molar-refractivity contribution in [2.75, 3.05) is 42.5 Å². The lowest BCUT2D eigenvalue weighted by Gasteiger charge is -2.35. The Morgan fingerprint density at radius 3 is 2.37 bits per heavy atom. The van der Waals surface area contributed by atoms with Crippen LogP contribution in [0.4, 0.5) is 24.7 Å². The lowest BCUT2D eigenvalue weighted by Crippen LogP contribution is -2.46. The van der Waals surface area contributed by atoms with Gasteiger partial charge in [0.05, 0.1) is 22.9 Å². The summed E-state index contributed by atoms with van der Waals surface area (Å²) < 4.78 is 40.1. The van der Waals surface area contributed by atoms with Gasteiger partial charge in [0.2, 0.25) is 0 Å². The second-order valence-corrected chi connectivity index (χ2v) is 9.57. The first-order chi connectivity index (χ1) is 18.2. The lowest BCUT2D eigenvalue weighted by atomic mass is 10.0. The predicted octanol–water partition coefficient (Wildman–Crippen LogP) is 4.93. The molecule has 2 aliphatic heterocycles. The van der Waals surface area contributed by atoms with Gasteiger partial charge in [0.15, 0.2) is 0 Å². The molecule has 0 aliphatic carbocycles. The van der Waals surface area contributed by atoms with Crippen LogP contribution in [-0.4, -0.2) is 54.4 Å². The number of pyridine rings is 1. The van der Waals surface area contributed by atoms with Gasteiger partial charge in [-0.3, -0.25) is 14.5 Å². The van der Waals surface area contributed by atoms with Crippen LogP contribution < -0.4 is 9.80 Å². The van der Waals surface area contributed by atoms with E-state index in [1.165, 1.54) is 19.1 Å². The Bertz CT molecular complexity index is 1250. The molecule has 2 amide bonds. The van der Waals surface area contributed by atoms with Gasteiger partial charge in [0.25, 0.3) is 11.8 Å². The number of hydrogen-bond acceptors (Lipinski definition) is 6. The zero-order chi connectivity index (χ0) is 27.3. The highest BCUT2D eigenvalue weighted by Crippen LogP contribution is 2.37. The van der Waals surface area contributed by atoms with Crippen molar-refractivity contribution in [3.63, 3.8) is 0 Å². The van der Waals surface area contributed by atoms with Crippen LogP contribution in [0.5, 0.6) is 0 Å². The molecule has 7 nitrogen and oxygen atoms in total. The first kappa shape index (κ1) is 27.3. The van der Waals surface area contributed by atoms with Crippen LogP contribution >= 0.6 is 0 Å². The molecule has 2 aliphatic rings. The number of anilines is 2. The average Bonchev–Trinajstić information content (AvgIpc) is 3.13. The summed E-state index contributed by atoms with van der Waals surface area (Å²) in [6.07, 6.45) is 1.07. The molecule has 1 saturated heterocycles. The number of aromatic nitrogens is 1. The van der Waals surface area contributed by atoms with E-state index in [1.54, 1.807) is 0 Å². The Labute approximate surface area is 220 Å². The number of carbonyl (C=O) groups excluding carboxylic acids is 2. The van der Waals surface area contributed by atoms with Crippen LogP contribution in [0.3, 0.4) is 0 Å². The number of carbonyl (C=O) groups is 2. The van der Waals surface area contributed by atoms with Gasteiger partial charge in [-0.1, -0.05) is 18.9 Å². The molecule has 0 atom stereocenters. The number of benzene rings is 1. The molecule has 3 heterocycles. The molecule has 0 radical (unpaired) electrons. The number of halogens is 3. The molecular weight excluding hydrogens is 495 g/mol. The quantitative estimate of drug-likeness (QED) is 0.341. The number of alkyl halides is 3. The summed E-state index contributed by atoms with van der Waals surface area (Å²) >= 11 is 0. The van der Waals surface area contributed by atoms with Gasteiger partial charge >= 0.3 is 6.18 Å². The van der Waals surface area contributed by atoms with E-state index in [9.17, 15) is 22.8 Å². The van der Waals surface area contributed by atoms with Crippen molar-refractivity contribution in [1.82, 2.24) is 9.88 Å². The third-order valence-corrected chi connectivity index (χ3v) is 7.12. The fraction of sp³-hybridized carbons (Fsp3) is 0.429. The van der Waals surface area contributed by atoms with Gasteiger partial charge in [-0.05, 0) is 63.1 Å². The summed E-state index contributed by atoms with van der Waals surface area (Å²) in [6, 6.07) is 10.3. The monoisotopic (exact) mass is 525 g/mol. The second-order valence-electron chi connectivity index (χ2n) is 9.57. The molecule has 200 valence electrons. The maximum Gasteiger partial charge on any atom is 0.417 e. The number of imide groups is 1. The van der Waals surface area contributed by atoms with Gasteiger partial charge < -0.3 is 4.90 Å². The topological polar surface area (TPSA) is 80.5 Å². The number of hydrogen-bond donors (Lipinski definition) is 0. The molecule has 1 aromatic heterocycles. The maximum atomic E-state index is 13.4. The first-order valence-electron chi connectivity index (χ1n) is 12.8. The number of piperazine rings is 1. The summed E-state index contributed by atoms with van der Waals surface area (Å²) in [5.74, 6) is -0.195. The third-order valence-electron chi connectivity index (χ3n) is 7.12. The molecule has 0 bridgehead atoms. The SMILES string of the molecule is CC1=C(CCCCCCN2CCN(c3ccccn3)CC2)C(=O)N(c2ccc(C#N)c(C(F)(F)F)c2)C1=O. The average molecular weight is 526 g/mol. The molecule has 0 unspecified atom stereocenters. The van der Waals surface area contributed by atoms with Crippen molar-refractivity contribution in [2.45, 2.75) is 45.2 Å². The van der Waals surface area contributed by atoms with Crippen molar-refractivity contribution >= 4 is 23.3 Å². The molecule has 0 saturated carbocycles. The number of rotatable bonds is 9.